The zero-order valence-corrected chi connectivity index (χ0v) is 33.0. The van der Waals surface area contributed by atoms with Crippen LogP contribution in [0.4, 0.5) is 0 Å². The Labute approximate surface area is 326 Å². The molecular formula is C46H28Br4. The van der Waals surface area contributed by atoms with E-state index in [1.807, 2.05) is 0 Å². The molecule has 0 unspecified atom stereocenters. The largest absolute Gasteiger partial charge is 0.0622 e. The van der Waals surface area contributed by atoms with Crippen LogP contribution in [-0.2, 0) is 0 Å². The van der Waals surface area contributed by atoms with Gasteiger partial charge in [-0.25, -0.2) is 0 Å². The summed E-state index contributed by atoms with van der Waals surface area (Å²) >= 11 is 15.9. The maximum Gasteiger partial charge on any atom is 0.0260 e. The van der Waals surface area contributed by atoms with Crippen LogP contribution in [0.25, 0.3) is 77.5 Å². The summed E-state index contributed by atoms with van der Waals surface area (Å²) in [6.07, 6.45) is 0. The van der Waals surface area contributed by atoms with Gasteiger partial charge in [-0.15, -0.1) is 0 Å². The minimum absolute atomic E-state index is 1.04. The van der Waals surface area contributed by atoms with Crippen LogP contribution >= 0.6 is 63.7 Å². The first-order chi connectivity index (χ1) is 24.4. The molecule has 0 radical (unpaired) electrons. The molecule has 50 heavy (non-hydrogen) atoms. The number of benzene rings is 8. The predicted octanol–water partition coefficient (Wildman–Crippen LogP) is 15.9. The second-order valence-electron chi connectivity index (χ2n) is 12.2. The molecule has 0 aromatic heterocycles. The number of fused-ring (bicyclic) bond motifs is 1. The van der Waals surface area contributed by atoms with E-state index in [9.17, 15) is 0 Å². The zero-order valence-electron chi connectivity index (χ0n) is 26.7. The fraction of sp³-hybridized carbons (Fsp3) is 0. The summed E-state index contributed by atoms with van der Waals surface area (Å²) in [5.74, 6) is 0. The van der Waals surface area contributed by atoms with Gasteiger partial charge >= 0.3 is 0 Å². The fourth-order valence-corrected chi connectivity index (χ4v) is 8.96. The van der Waals surface area contributed by atoms with Gasteiger partial charge in [0.2, 0.25) is 0 Å². The zero-order chi connectivity index (χ0) is 34.2. The molecule has 0 heterocycles. The van der Waals surface area contributed by atoms with Gasteiger partial charge in [0.1, 0.15) is 0 Å². The molecule has 240 valence electrons. The monoisotopic (exact) mass is 896 g/mol. The maximum atomic E-state index is 3.98. The third kappa shape index (κ3) is 6.47. The van der Waals surface area contributed by atoms with Gasteiger partial charge in [-0.2, -0.15) is 0 Å². The normalized spacial score (nSPS) is 11.2. The third-order valence-electron chi connectivity index (χ3n) is 9.15. The Morgan fingerprint density at radius 2 is 0.460 bits per heavy atom. The van der Waals surface area contributed by atoms with Crippen molar-refractivity contribution in [1.82, 2.24) is 0 Å². The Morgan fingerprint density at radius 3 is 0.760 bits per heavy atom. The molecule has 0 N–H and O–H groups in total. The van der Waals surface area contributed by atoms with Crippen LogP contribution < -0.4 is 0 Å². The van der Waals surface area contributed by atoms with Crippen molar-refractivity contribution >= 4 is 74.5 Å². The average molecular weight is 900 g/mol. The lowest BCUT2D eigenvalue weighted by Crippen LogP contribution is -1.92. The van der Waals surface area contributed by atoms with Crippen molar-refractivity contribution < 1.29 is 0 Å². The Hall–Kier alpha value is -4.06. The van der Waals surface area contributed by atoms with E-state index in [-0.39, 0.29) is 0 Å². The molecule has 0 spiro atoms. The molecular weight excluding hydrogens is 872 g/mol. The molecule has 4 heteroatoms. The molecule has 0 bridgehead atoms. The average Bonchev–Trinajstić information content (AvgIpc) is 3.16. The molecule has 8 aromatic rings. The highest BCUT2D eigenvalue weighted by Gasteiger charge is 2.19. The van der Waals surface area contributed by atoms with Crippen LogP contribution in [0.3, 0.4) is 0 Å². The molecule has 0 saturated carbocycles. The third-order valence-corrected chi connectivity index (χ3v) is 11.8. The molecule has 0 fully saturated rings. The van der Waals surface area contributed by atoms with Gasteiger partial charge in [-0.3, -0.25) is 0 Å². The summed E-state index contributed by atoms with van der Waals surface area (Å²) in [5, 5.41) is 2.30. The smallest absolute Gasteiger partial charge is 0.0260 e. The van der Waals surface area contributed by atoms with Gasteiger partial charge in [-0.1, -0.05) is 185 Å². The number of hydrogen-bond donors (Lipinski definition) is 0. The predicted molar refractivity (Wildman–Crippen MR) is 227 cm³/mol. The second kappa shape index (κ2) is 14.3. The highest BCUT2D eigenvalue weighted by atomic mass is 79.9. The van der Waals surface area contributed by atoms with Crippen molar-refractivity contribution in [2.24, 2.45) is 0 Å². The first-order valence-corrected chi connectivity index (χ1v) is 19.4. The summed E-state index contributed by atoms with van der Waals surface area (Å²) in [5.41, 5.74) is 14.0. The van der Waals surface area contributed by atoms with Gasteiger partial charge in [0.25, 0.3) is 0 Å². The minimum atomic E-state index is 1.04. The highest BCUT2D eigenvalue weighted by Crippen LogP contribution is 2.46. The molecule has 0 aliphatic carbocycles. The fourth-order valence-electron chi connectivity index (χ4n) is 6.69. The molecule has 0 amide bonds. The minimum Gasteiger partial charge on any atom is -0.0622 e. The Balaban J connectivity index is 1.27. The molecule has 0 aliphatic heterocycles. The summed E-state index contributed by atoms with van der Waals surface area (Å²) in [7, 11) is 0. The van der Waals surface area contributed by atoms with Crippen molar-refractivity contribution in [2.75, 3.05) is 0 Å². The van der Waals surface area contributed by atoms with E-state index in [0.29, 0.717) is 0 Å². The van der Waals surface area contributed by atoms with E-state index >= 15 is 0 Å². The summed E-state index contributed by atoms with van der Waals surface area (Å²) in [6.45, 7) is 0. The van der Waals surface area contributed by atoms with E-state index in [0.717, 1.165) is 50.9 Å². The molecule has 0 nitrogen and oxygen atoms in total. The van der Waals surface area contributed by atoms with Gasteiger partial charge in [0.15, 0.2) is 0 Å². The lowest BCUT2D eigenvalue weighted by atomic mass is 9.89. The lowest BCUT2D eigenvalue weighted by molar-refractivity contribution is 1.53. The standard InChI is InChI=1S/C46H28Br4/c47-43-23-34-22-40(42-26-36(30-15-7-2-8-16-30)38(28-46(42)50)32-19-11-4-12-20-32)44(48)24-33(34)21-39(43)41-25-35(29-13-5-1-6-14-29)37(27-45(41)49)31-17-9-3-10-18-31/h1-28H. The quantitative estimate of drug-likeness (QED) is 0.156. The number of hydrogen-bond acceptors (Lipinski definition) is 0. The molecule has 8 rings (SSSR count). The van der Waals surface area contributed by atoms with Gasteiger partial charge < -0.3 is 0 Å². The van der Waals surface area contributed by atoms with Crippen molar-refractivity contribution in [3.63, 3.8) is 0 Å². The first-order valence-electron chi connectivity index (χ1n) is 16.3. The lowest BCUT2D eigenvalue weighted by Gasteiger charge is -2.18. The van der Waals surface area contributed by atoms with Crippen molar-refractivity contribution in [1.29, 1.82) is 0 Å². The van der Waals surface area contributed by atoms with Crippen molar-refractivity contribution in [3.8, 4) is 66.8 Å². The van der Waals surface area contributed by atoms with Crippen molar-refractivity contribution in [3.05, 3.63) is 188 Å². The summed E-state index contributed by atoms with van der Waals surface area (Å²) in [4.78, 5) is 0. The summed E-state index contributed by atoms with van der Waals surface area (Å²) < 4.78 is 4.16. The van der Waals surface area contributed by atoms with Crippen LogP contribution in [0.5, 0.6) is 0 Å². The number of halogens is 4. The molecule has 0 aliphatic rings. The van der Waals surface area contributed by atoms with Crippen molar-refractivity contribution in [2.45, 2.75) is 0 Å². The molecule has 8 aromatic carbocycles. The van der Waals surface area contributed by atoms with Crippen LogP contribution in [0.2, 0.25) is 0 Å². The van der Waals surface area contributed by atoms with Gasteiger partial charge in [0, 0.05) is 17.9 Å². The van der Waals surface area contributed by atoms with Gasteiger partial charge in [0.05, 0.1) is 0 Å². The second-order valence-corrected chi connectivity index (χ2v) is 15.6. The maximum absolute atomic E-state index is 3.98. The molecule has 0 saturated heterocycles. The molecule has 0 atom stereocenters. The van der Waals surface area contributed by atoms with E-state index in [1.54, 1.807) is 0 Å². The Kier molecular flexibility index (Phi) is 9.46. The number of rotatable bonds is 6. The Bertz CT molecular complexity index is 2310. The first kappa shape index (κ1) is 33.1. The van der Waals surface area contributed by atoms with Crippen LogP contribution in [-0.4, -0.2) is 0 Å². The van der Waals surface area contributed by atoms with Crippen LogP contribution in [0.1, 0.15) is 0 Å². The topological polar surface area (TPSA) is 0 Å². The summed E-state index contributed by atoms with van der Waals surface area (Å²) in [6, 6.07) is 60.6. The SMILES string of the molecule is Brc1cc(-c2ccccc2)c(-c2ccccc2)cc1-c1cc2cc(Br)c(-c3cc(-c4ccccc4)c(-c4ccccc4)cc3Br)cc2cc1Br. The van der Waals surface area contributed by atoms with E-state index in [4.69, 9.17) is 0 Å². The highest BCUT2D eigenvalue weighted by molar-refractivity contribution is 9.11. The van der Waals surface area contributed by atoms with Gasteiger partial charge in [-0.05, 0) is 126 Å². The van der Waals surface area contributed by atoms with E-state index in [2.05, 4.69) is 234 Å². The Morgan fingerprint density at radius 1 is 0.220 bits per heavy atom. The van der Waals surface area contributed by atoms with Crippen LogP contribution in [0, 0.1) is 0 Å². The van der Waals surface area contributed by atoms with E-state index < -0.39 is 0 Å². The van der Waals surface area contributed by atoms with Crippen LogP contribution in [0.15, 0.2) is 188 Å². The van der Waals surface area contributed by atoms with E-state index in [1.165, 1.54) is 44.5 Å².